The number of nitrogens with one attached hydrogen (secondary N) is 2. The number of carbonyl (C=O) groups excluding carboxylic acids is 1. The second-order valence-electron chi connectivity index (χ2n) is 4.69. The lowest BCUT2D eigenvalue weighted by atomic mass is 10.1. The zero-order valence-electron chi connectivity index (χ0n) is 12.2. The third-order valence-corrected chi connectivity index (χ3v) is 3.09. The molecule has 2 rings (SSSR count). The molecular weight excluding hydrogens is 273 g/mol. The summed E-state index contributed by atoms with van der Waals surface area (Å²) < 4.78 is 15.5. The largest absolute Gasteiger partial charge is 0.382 e. The van der Waals surface area contributed by atoms with Crippen LogP contribution in [-0.2, 0) is 7.05 Å². The molecule has 1 atom stereocenters. The lowest BCUT2D eigenvalue weighted by Crippen LogP contribution is -2.29. The van der Waals surface area contributed by atoms with Crippen LogP contribution in [0.1, 0.15) is 36.1 Å². The monoisotopic (exact) mass is 291 g/mol. The molecule has 0 aliphatic rings. The van der Waals surface area contributed by atoms with Crippen molar-refractivity contribution in [3.05, 3.63) is 41.7 Å². The summed E-state index contributed by atoms with van der Waals surface area (Å²) in [5.74, 6) is -0.179. The Morgan fingerprint density at radius 3 is 2.86 bits per heavy atom. The van der Waals surface area contributed by atoms with Crippen LogP contribution >= 0.6 is 0 Å². The number of hydrogen-bond acceptors (Lipinski definition) is 4. The van der Waals surface area contributed by atoms with Gasteiger partial charge in [0.05, 0.1) is 17.3 Å². The van der Waals surface area contributed by atoms with Crippen molar-refractivity contribution in [2.45, 2.75) is 19.9 Å². The fourth-order valence-corrected chi connectivity index (χ4v) is 2.09. The average molecular weight is 291 g/mol. The molecule has 0 saturated heterocycles. The lowest BCUT2D eigenvalue weighted by Gasteiger charge is -2.15. The summed E-state index contributed by atoms with van der Waals surface area (Å²) in [7, 11) is 1.80. The quantitative estimate of drug-likeness (QED) is 0.882. The van der Waals surface area contributed by atoms with Gasteiger partial charge in [-0.05, 0) is 26.0 Å². The summed E-state index contributed by atoms with van der Waals surface area (Å²) in [6.07, 6.45) is 1.56. The van der Waals surface area contributed by atoms with Gasteiger partial charge in [0, 0.05) is 13.6 Å². The smallest absolute Gasteiger partial charge is 0.254 e. The summed E-state index contributed by atoms with van der Waals surface area (Å²) >= 11 is 0. The number of aryl methyl sites for hydroxylation is 1. The summed E-state index contributed by atoms with van der Waals surface area (Å²) in [5.41, 5.74) is 0.480. The molecule has 6 nitrogen and oxygen atoms in total. The molecule has 1 heterocycles. The van der Waals surface area contributed by atoms with Crippen molar-refractivity contribution < 1.29 is 9.18 Å². The molecule has 0 saturated carbocycles. The van der Waals surface area contributed by atoms with Crippen molar-refractivity contribution in [3.63, 3.8) is 0 Å². The minimum atomic E-state index is -0.448. The van der Waals surface area contributed by atoms with Gasteiger partial charge in [0.15, 0.2) is 5.82 Å². The molecule has 0 aliphatic carbocycles. The molecule has 0 spiro atoms. The van der Waals surface area contributed by atoms with E-state index in [0.29, 0.717) is 12.4 Å². The summed E-state index contributed by atoms with van der Waals surface area (Å²) in [5, 5.41) is 13.4. The first-order chi connectivity index (χ1) is 10.0. The normalized spacial score (nSPS) is 12.0. The first kappa shape index (κ1) is 15.0. The number of hydrogen-bond donors (Lipinski definition) is 2. The fourth-order valence-electron chi connectivity index (χ4n) is 2.09. The molecule has 21 heavy (non-hydrogen) atoms. The van der Waals surface area contributed by atoms with Crippen LogP contribution in [0.3, 0.4) is 0 Å². The summed E-state index contributed by atoms with van der Waals surface area (Å²) in [6, 6.07) is 4.08. The Morgan fingerprint density at radius 2 is 2.24 bits per heavy atom. The van der Waals surface area contributed by atoms with E-state index < -0.39 is 5.82 Å². The number of para-hydroxylation sites is 1. The third-order valence-electron chi connectivity index (χ3n) is 3.09. The Labute approximate surface area is 122 Å². The number of carbonyl (C=O) groups is 1. The van der Waals surface area contributed by atoms with Gasteiger partial charge < -0.3 is 15.2 Å². The molecule has 2 aromatic rings. The second kappa shape index (κ2) is 6.34. The molecule has 1 unspecified atom stereocenters. The number of benzene rings is 1. The molecule has 112 valence electrons. The maximum Gasteiger partial charge on any atom is 0.254 e. The highest BCUT2D eigenvalue weighted by Crippen LogP contribution is 2.20. The highest BCUT2D eigenvalue weighted by molar-refractivity contribution is 5.99. The maximum atomic E-state index is 13.8. The first-order valence-corrected chi connectivity index (χ1v) is 6.71. The van der Waals surface area contributed by atoms with E-state index >= 15 is 0 Å². The van der Waals surface area contributed by atoms with E-state index in [1.165, 1.54) is 12.1 Å². The topological polar surface area (TPSA) is 71.8 Å². The molecule has 0 radical (unpaired) electrons. The number of nitrogens with zero attached hydrogens (tertiary/aromatic N) is 3. The van der Waals surface area contributed by atoms with Crippen LogP contribution in [0.25, 0.3) is 0 Å². The van der Waals surface area contributed by atoms with Gasteiger partial charge in [0.2, 0.25) is 0 Å². The molecular formula is C14H18FN5O. The van der Waals surface area contributed by atoms with Crippen molar-refractivity contribution in [3.8, 4) is 0 Å². The van der Waals surface area contributed by atoms with Crippen molar-refractivity contribution >= 4 is 11.6 Å². The van der Waals surface area contributed by atoms with E-state index in [9.17, 15) is 9.18 Å². The number of aromatic nitrogens is 3. The zero-order chi connectivity index (χ0) is 15.4. The van der Waals surface area contributed by atoms with Gasteiger partial charge in [-0.3, -0.25) is 4.79 Å². The van der Waals surface area contributed by atoms with E-state index in [4.69, 9.17) is 0 Å². The Kier molecular flexibility index (Phi) is 4.52. The van der Waals surface area contributed by atoms with Gasteiger partial charge in [-0.1, -0.05) is 6.07 Å². The average Bonchev–Trinajstić information content (AvgIpc) is 2.87. The standard InChI is InChI=1S/C14H18FN5O/c1-4-16-12-10(6-5-7-11(12)15)14(21)18-9(2)13-19-17-8-20(13)3/h5-9,16H,4H2,1-3H3,(H,18,21). The van der Waals surface area contributed by atoms with Crippen molar-refractivity contribution in [2.75, 3.05) is 11.9 Å². The Bertz CT molecular complexity index is 640. The van der Waals surface area contributed by atoms with Gasteiger partial charge in [-0.25, -0.2) is 4.39 Å². The van der Waals surface area contributed by atoms with E-state index in [1.807, 2.05) is 6.92 Å². The van der Waals surface area contributed by atoms with Crippen LogP contribution in [0.2, 0.25) is 0 Å². The third kappa shape index (κ3) is 3.18. The number of halogens is 1. The van der Waals surface area contributed by atoms with E-state index in [-0.39, 0.29) is 23.2 Å². The van der Waals surface area contributed by atoms with Crippen LogP contribution in [-0.4, -0.2) is 27.2 Å². The van der Waals surface area contributed by atoms with Gasteiger partial charge in [0.25, 0.3) is 5.91 Å². The molecule has 2 N–H and O–H groups in total. The molecule has 1 aromatic carbocycles. The van der Waals surface area contributed by atoms with Crippen molar-refractivity contribution in [1.82, 2.24) is 20.1 Å². The van der Waals surface area contributed by atoms with Crippen LogP contribution < -0.4 is 10.6 Å². The molecule has 0 aliphatic heterocycles. The second-order valence-corrected chi connectivity index (χ2v) is 4.69. The Hall–Kier alpha value is -2.44. The minimum Gasteiger partial charge on any atom is -0.382 e. The molecule has 7 heteroatoms. The number of rotatable bonds is 5. The maximum absolute atomic E-state index is 13.8. The Balaban J connectivity index is 2.21. The van der Waals surface area contributed by atoms with Crippen LogP contribution in [0.15, 0.2) is 24.5 Å². The molecule has 1 amide bonds. The van der Waals surface area contributed by atoms with Crippen molar-refractivity contribution in [2.24, 2.45) is 7.05 Å². The first-order valence-electron chi connectivity index (χ1n) is 6.71. The summed E-state index contributed by atoms with van der Waals surface area (Å²) in [4.78, 5) is 12.3. The van der Waals surface area contributed by atoms with Crippen LogP contribution in [0.5, 0.6) is 0 Å². The Morgan fingerprint density at radius 1 is 1.48 bits per heavy atom. The highest BCUT2D eigenvalue weighted by Gasteiger charge is 2.19. The highest BCUT2D eigenvalue weighted by atomic mass is 19.1. The molecule has 0 bridgehead atoms. The molecule has 0 fully saturated rings. The minimum absolute atomic E-state index is 0.211. The van der Waals surface area contributed by atoms with E-state index in [1.54, 1.807) is 30.9 Å². The SMILES string of the molecule is CCNc1c(F)cccc1C(=O)NC(C)c1nncn1C. The van der Waals surface area contributed by atoms with Gasteiger partial charge in [-0.15, -0.1) is 10.2 Å². The van der Waals surface area contributed by atoms with E-state index in [0.717, 1.165) is 0 Å². The van der Waals surface area contributed by atoms with Crippen LogP contribution in [0.4, 0.5) is 10.1 Å². The van der Waals surface area contributed by atoms with Gasteiger partial charge in [-0.2, -0.15) is 0 Å². The predicted molar refractivity (Wildman–Crippen MR) is 77.4 cm³/mol. The van der Waals surface area contributed by atoms with E-state index in [2.05, 4.69) is 20.8 Å². The zero-order valence-corrected chi connectivity index (χ0v) is 12.2. The van der Waals surface area contributed by atoms with Crippen LogP contribution in [0, 0.1) is 5.82 Å². The predicted octanol–water partition coefficient (Wildman–Crippen LogP) is 1.88. The summed E-state index contributed by atoms with van der Waals surface area (Å²) in [6.45, 7) is 4.17. The van der Waals surface area contributed by atoms with Gasteiger partial charge in [0.1, 0.15) is 12.1 Å². The van der Waals surface area contributed by atoms with Gasteiger partial charge >= 0.3 is 0 Å². The number of amides is 1. The lowest BCUT2D eigenvalue weighted by molar-refractivity contribution is 0.0938. The van der Waals surface area contributed by atoms with Crippen molar-refractivity contribution in [1.29, 1.82) is 0 Å². The fraction of sp³-hybridized carbons (Fsp3) is 0.357. The number of anilines is 1. The molecule has 1 aromatic heterocycles.